The van der Waals surface area contributed by atoms with E-state index in [-0.39, 0.29) is 18.0 Å². The number of methoxy groups -OCH3 is 1. The maximum Gasteiger partial charge on any atom is 0.283 e. The number of rotatable bonds is 8. The molecule has 2 aromatic carbocycles. The van der Waals surface area contributed by atoms with E-state index in [1.165, 1.54) is 23.9 Å². The van der Waals surface area contributed by atoms with Crippen molar-refractivity contribution in [2.75, 3.05) is 20.3 Å². The molecule has 1 amide bonds. The number of amidine groups is 2. The van der Waals surface area contributed by atoms with Crippen LogP contribution in [-0.2, 0) is 4.79 Å². The smallest absolute Gasteiger partial charge is 0.283 e. The normalized spacial score (nSPS) is 16.3. The Morgan fingerprint density at radius 3 is 2.73 bits per heavy atom. The van der Waals surface area contributed by atoms with E-state index in [0.717, 1.165) is 11.3 Å². The molecule has 0 radical (unpaired) electrons. The predicted octanol–water partition coefficient (Wildman–Crippen LogP) is 4.27. The average molecular weight is 463 g/mol. The average Bonchev–Trinajstić information content (AvgIpc) is 3.23. The van der Waals surface area contributed by atoms with Gasteiger partial charge in [-0.1, -0.05) is 36.9 Å². The van der Waals surface area contributed by atoms with E-state index in [1.54, 1.807) is 30.4 Å². The van der Waals surface area contributed by atoms with Gasteiger partial charge in [0, 0.05) is 0 Å². The molecule has 1 N–H and O–H groups in total. The number of para-hydroxylation sites is 1. The number of ether oxygens (including phenoxy) is 3. The molecule has 0 unspecified atom stereocenters. The second kappa shape index (κ2) is 9.74. The van der Waals surface area contributed by atoms with Crippen LogP contribution in [0.3, 0.4) is 0 Å². The summed E-state index contributed by atoms with van der Waals surface area (Å²) in [5, 5.41) is 15.3. The van der Waals surface area contributed by atoms with Crippen LogP contribution < -0.4 is 14.2 Å². The first-order chi connectivity index (χ1) is 16.0. The van der Waals surface area contributed by atoms with Crippen molar-refractivity contribution in [1.29, 1.82) is 5.41 Å². The van der Waals surface area contributed by atoms with Gasteiger partial charge in [0.05, 0.1) is 12.7 Å². The number of hydrogen-bond acceptors (Lipinski definition) is 7. The quantitative estimate of drug-likeness (QED) is 0.465. The van der Waals surface area contributed by atoms with Crippen molar-refractivity contribution in [3.8, 4) is 17.2 Å². The Kier molecular flexibility index (Phi) is 6.60. The number of thioether (sulfide) groups is 1. The molecular weight excluding hydrogens is 440 g/mol. The Labute approximate surface area is 195 Å². The standard InChI is InChI=1S/C24H22N4O4S/c1-4-11-31-19-10-9-16(13-20(19)30-3)12-17-22(25)28-24(26-23(17)29)33-21(27-28)14-32-18-8-6-5-7-15(18)2/h4-10,12-13,25H,1,11,14H2,2-3H3/b17-12+,25-22?. The Balaban J connectivity index is 1.53. The van der Waals surface area contributed by atoms with Crippen LogP contribution in [-0.4, -0.2) is 47.3 Å². The fourth-order valence-electron chi connectivity index (χ4n) is 3.16. The summed E-state index contributed by atoms with van der Waals surface area (Å²) >= 11 is 1.22. The lowest BCUT2D eigenvalue weighted by molar-refractivity contribution is -0.114. The molecule has 33 heavy (non-hydrogen) atoms. The summed E-state index contributed by atoms with van der Waals surface area (Å²) < 4.78 is 16.8. The number of carbonyl (C=O) groups is 1. The van der Waals surface area contributed by atoms with Crippen molar-refractivity contribution in [1.82, 2.24) is 5.01 Å². The number of aryl methyl sites for hydroxylation is 1. The van der Waals surface area contributed by atoms with Crippen LogP contribution in [0.25, 0.3) is 6.08 Å². The molecule has 0 spiro atoms. The second-order valence-corrected chi connectivity index (χ2v) is 8.12. The van der Waals surface area contributed by atoms with Gasteiger partial charge >= 0.3 is 0 Å². The second-order valence-electron chi connectivity index (χ2n) is 7.08. The van der Waals surface area contributed by atoms with Crippen molar-refractivity contribution in [2.24, 2.45) is 10.1 Å². The van der Waals surface area contributed by atoms with Gasteiger partial charge in [0.1, 0.15) is 24.0 Å². The fourth-order valence-corrected chi connectivity index (χ4v) is 3.95. The zero-order chi connectivity index (χ0) is 23.4. The van der Waals surface area contributed by atoms with E-state index < -0.39 is 5.91 Å². The lowest BCUT2D eigenvalue weighted by Gasteiger charge is -2.20. The number of nitrogens with zero attached hydrogens (tertiary/aromatic N) is 3. The predicted molar refractivity (Wildman–Crippen MR) is 130 cm³/mol. The molecule has 0 saturated carbocycles. The van der Waals surface area contributed by atoms with Crippen LogP contribution in [0.5, 0.6) is 17.2 Å². The SMILES string of the molecule is C=CCOc1ccc(/C=C2\C(=N)N3N=C(COc4ccccc4C)SC3=NC2=O)cc1OC. The van der Waals surface area contributed by atoms with Crippen molar-refractivity contribution in [3.63, 3.8) is 0 Å². The topological polar surface area (TPSA) is 96.6 Å². The number of hydrazone groups is 1. The van der Waals surface area contributed by atoms with Crippen LogP contribution >= 0.6 is 11.8 Å². The number of amides is 1. The number of hydrogen-bond donors (Lipinski definition) is 1. The molecule has 2 heterocycles. The Hall–Kier alpha value is -3.85. The van der Waals surface area contributed by atoms with E-state index in [1.807, 2.05) is 31.2 Å². The highest BCUT2D eigenvalue weighted by Gasteiger charge is 2.35. The van der Waals surface area contributed by atoms with Crippen molar-refractivity contribution < 1.29 is 19.0 Å². The first-order valence-corrected chi connectivity index (χ1v) is 10.9. The van der Waals surface area contributed by atoms with Crippen molar-refractivity contribution in [2.45, 2.75) is 6.92 Å². The molecule has 168 valence electrons. The molecule has 2 aliphatic rings. The third kappa shape index (κ3) is 4.83. The first kappa shape index (κ1) is 22.3. The highest BCUT2D eigenvalue weighted by Crippen LogP contribution is 2.32. The lowest BCUT2D eigenvalue weighted by Crippen LogP contribution is -2.35. The van der Waals surface area contributed by atoms with Gasteiger partial charge in [-0.05, 0) is 54.1 Å². The zero-order valence-corrected chi connectivity index (χ0v) is 19.0. The molecule has 9 heteroatoms. The molecule has 8 nitrogen and oxygen atoms in total. The highest BCUT2D eigenvalue weighted by molar-refractivity contribution is 8.27. The first-order valence-electron chi connectivity index (χ1n) is 10.1. The summed E-state index contributed by atoms with van der Waals surface area (Å²) in [6.45, 7) is 6.16. The third-order valence-corrected chi connectivity index (χ3v) is 5.68. The Bertz CT molecular complexity index is 1220. The molecule has 2 aliphatic heterocycles. The molecule has 0 bridgehead atoms. The number of benzene rings is 2. The van der Waals surface area contributed by atoms with Crippen LogP contribution in [0.1, 0.15) is 11.1 Å². The molecule has 0 aliphatic carbocycles. The molecular formula is C24H22N4O4S. The number of carbonyl (C=O) groups excluding carboxylic acids is 1. The minimum absolute atomic E-state index is 0.0469. The Morgan fingerprint density at radius 2 is 1.97 bits per heavy atom. The van der Waals surface area contributed by atoms with E-state index in [0.29, 0.717) is 33.9 Å². The van der Waals surface area contributed by atoms with Crippen molar-refractivity contribution in [3.05, 3.63) is 71.8 Å². The van der Waals surface area contributed by atoms with Gasteiger partial charge < -0.3 is 14.2 Å². The summed E-state index contributed by atoms with van der Waals surface area (Å²) in [5.74, 6) is 1.28. The monoisotopic (exact) mass is 462 g/mol. The van der Waals surface area contributed by atoms with Gasteiger partial charge in [0.15, 0.2) is 17.3 Å². The summed E-state index contributed by atoms with van der Waals surface area (Å²) in [7, 11) is 1.54. The maximum absolute atomic E-state index is 12.7. The van der Waals surface area contributed by atoms with Gasteiger partial charge in [-0.15, -0.1) is 0 Å². The van der Waals surface area contributed by atoms with Gasteiger partial charge in [0.25, 0.3) is 5.91 Å². The number of fused-ring (bicyclic) bond motifs is 1. The number of nitrogens with one attached hydrogen (secondary N) is 1. The van der Waals surface area contributed by atoms with Gasteiger partial charge in [-0.2, -0.15) is 15.1 Å². The minimum atomic E-state index is -0.499. The zero-order valence-electron chi connectivity index (χ0n) is 18.2. The summed E-state index contributed by atoms with van der Waals surface area (Å²) in [4.78, 5) is 16.8. The van der Waals surface area contributed by atoms with Crippen LogP contribution in [0.15, 0.2) is 70.8 Å². The van der Waals surface area contributed by atoms with Gasteiger partial charge in [-0.3, -0.25) is 10.2 Å². The third-order valence-electron chi connectivity index (χ3n) is 4.80. The number of aliphatic imine (C=N–C) groups is 1. The molecule has 0 fully saturated rings. The van der Waals surface area contributed by atoms with E-state index in [2.05, 4.69) is 16.7 Å². The van der Waals surface area contributed by atoms with Gasteiger partial charge in [0.2, 0.25) is 5.17 Å². The maximum atomic E-state index is 12.7. The molecule has 2 aromatic rings. The van der Waals surface area contributed by atoms with Crippen LogP contribution in [0, 0.1) is 12.3 Å². The Morgan fingerprint density at radius 1 is 1.15 bits per heavy atom. The minimum Gasteiger partial charge on any atom is -0.493 e. The van der Waals surface area contributed by atoms with E-state index in [9.17, 15) is 4.79 Å². The van der Waals surface area contributed by atoms with Crippen LogP contribution in [0.4, 0.5) is 0 Å². The largest absolute Gasteiger partial charge is 0.493 e. The van der Waals surface area contributed by atoms with Gasteiger partial charge in [-0.25, -0.2) is 0 Å². The highest BCUT2D eigenvalue weighted by atomic mass is 32.2. The molecule has 0 saturated heterocycles. The summed E-state index contributed by atoms with van der Waals surface area (Å²) in [6, 6.07) is 12.9. The van der Waals surface area contributed by atoms with E-state index in [4.69, 9.17) is 19.6 Å². The molecule has 4 rings (SSSR count). The fraction of sp³-hybridized carbons (Fsp3) is 0.167. The molecule has 0 aromatic heterocycles. The van der Waals surface area contributed by atoms with Crippen LogP contribution in [0.2, 0.25) is 0 Å². The van der Waals surface area contributed by atoms with E-state index >= 15 is 0 Å². The van der Waals surface area contributed by atoms with Crippen molar-refractivity contribution >= 4 is 39.8 Å². The summed E-state index contributed by atoms with van der Waals surface area (Å²) in [5.41, 5.74) is 1.81. The molecule has 0 atom stereocenters. The lowest BCUT2D eigenvalue weighted by atomic mass is 10.1. The summed E-state index contributed by atoms with van der Waals surface area (Å²) in [6.07, 6.45) is 3.23.